The summed E-state index contributed by atoms with van der Waals surface area (Å²) in [6.45, 7) is 5.77. The first-order valence-electron chi connectivity index (χ1n) is 7.99. The predicted octanol–water partition coefficient (Wildman–Crippen LogP) is 5.23. The van der Waals surface area contributed by atoms with Gasteiger partial charge in [-0.2, -0.15) is 0 Å². The molecule has 0 saturated heterocycles. The first-order chi connectivity index (χ1) is 11.5. The number of amides is 1. The Kier molecular flexibility index (Phi) is 7.10. The molecule has 0 aliphatic heterocycles. The highest BCUT2D eigenvalue weighted by molar-refractivity contribution is 6.43. The van der Waals surface area contributed by atoms with Crippen molar-refractivity contribution >= 4 is 34.8 Å². The fraction of sp³-hybridized carbons (Fsp3) is 0.316. The Labute approximate surface area is 153 Å². The van der Waals surface area contributed by atoms with Gasteiger partial charge in [-0.3, -0.25) is 9.69 Å². The zero-order valence-electron chi connectivity index (χ0n) is 13.9. The smallest absolute Gasteiger partial charge is 0.225 e. The molecule has 2 aromatic rings. The van der Waals surface area contributed by atoms with E-state index in [0.29, 0.717) is 34.7 Å². The first-order valence-corrected chi connectivity index (χ1v) is 8.75. The largest absolute Gasteiger partial charge is 0.325 e. The quantitative estimate of drug-likeness (QED) is 0.728. The topological polar surface area (TPSA) is 32.3 Å². The van der Waals surface area contributed by atoms with Crippen molar-refractivity contribution < 1.29 is 4.79 Å². The monoisotopic (exact) mass is 364 g/mol. The van der Waals surface area contributed by atoms with Gasteiger partial charge in [-0.15, -0.1) is 0 Å². The van der Waals surface area contributed by atoms with Crippen LogP contribution in [0.3, 0.4) is 0 Å². The lowest BCUT2D eigenvalue weighted by Gasteiger charge is -2.26. The molecule has 0 heterocycles. The van der Waals surface area contributed by atoms with Crippen LogP contribution in [0.4, 0.5) is 5.69 Å². The molecule has 1 amide bonds. The minimum atomic E-state index is -0.0714. The third-order valence-electron chi connectivity index (χ3n) is 3.81. The van der Waals surface area contributed by atoms with Gasteiger partial charge >= 0.3 is 0 Å². The van der Waals surface area contributed by atoms with Gasteiger partial charge in [0.1, 0.15) is 0 Å². The number of rotatable bonds is 7. The van der Waals surface area contributed by atoms with E-state index in [4.69, 9.17) is 23.2 Å². The van der Waals surface area contributed by atoms with E-state index in [1.54, 1.807) is 18.2 Å². The molecule has 0 bridgehead atoms. The average Bonchev–Trinajstić information content (AvgIpc) is 2.56. The summed E-state index contributed by atoms with van der Waals surface area (Å²) >= 11 is 12.1. The third-order valence-corrected chi connectivity index (χ3v) is 4.63. The highest BCUT2D eigenvalue weighted by Crippen LogP contribution is 2.29. The molecular weight excluding hydrogens is 343 g/mol. The standard InChI is InChI=1S/C19H22Cl2N2O/c1-14(2)23(13-15-7-4-3-5-8-15)12-11-18(24)22-17-10-6-9-16(20)19(17)21/h3-10,14H,11-13H2,1-2H3,(H,22,24). The first kappa shape index (κ1) is 18.8. The van der Waals surface area contributed by atoms with E-state index in [0.717, 1.165) is 6.54 Å². The van der Waals surface area contributed by atoms with Crippen molar-refractivity contribution in [3.63, 3.8) is 0 Å². The lowest BCUT2D eigenvalue weighted by molar-refractivity contribution is -0.116. The second-order valence-electron chi connectivity index (χ2n) is 5.95. The van der Waals surface area contributed by atoms with Crippen molar-refractivity contribution in [1.29, 1.82) is 0 Å². The van der Waals surface area contributed by atoms with Crippen LogP contribution in [-0.4, -0.2) is 23.4 Å². The Balaban J connectivity index is 1.91. The second kappa shape index (κ2) is 9.07. The number of hydrogen-bond donors (Lipinski definition) is 1. The van der Waals surface area contributed by atoms with E-state index in [-0.39, 0.29) is 5.91 Å². The summed E-state index contributed by atoms with van der Waals surface area (Å²) in [5.41, 5.74) is 1.79. The van der Waals surface area contributed by atoms with Crippen LogP contribution in [0.2, 0.25) is 10.0 Å². The minimum Gasteiger partial charge on any atom is -0.325 e. The molecule has 0 spiro atoms. The van der Waals surface area contributed by atoms with Gasteiger partial charge in [0.15, 0.2) is 0 Å². The van der Waals surface area contributed by atoms with Crippen molar-refractivity contribution in [2.75, 3.05) is 11.9 Å². The number of halogens is 2. The van der Waals surface area contributed by atoms with Gasteiger partial charge in [-0.25, -0.2) is 0 Å². The Hall–Kier alpha value is -1.55. The van der Waals surface area contributed by atoms with Crippen LogP contribution in [0.5, 0.6) is 0 Å². The Morgan fingerprint density at radius 1 is 1.08 bits per heavy atom. The molecule has 5 heteroatoms. The van der Waals surface area contributed by atoms with E-state index in [9.17, 15) is 4.79 Å². The van der Waals surface area contributed by atoms with Gasteiger partial charge in [0.25, 0.3) is 0 Å². The fourth-order valence-corrected chi connectivity index (χ4v) is 2.74. The summed E-state index contributed by atoms with van der Waals surface area (Å²) < 4.78 is 0. The van der Waals surface area contributed by atoms with Gasteiger partial charge in [-0.05, 0) is 31.5 Å². The van der Waals surface area contributed by atoms with Crippen molar-refractivity contribution in [1.82, 2.24) is 4.90 Å². The maximum absolute atomic E-state index is 12.2. The minimum absolute atomic E-state index is 0.0714. The summed E-state index contributed by atoms with van der Waals surface area (Å²) in [6, 6.07) is 15.8. The van der Waals surface area contributed by atoms with E-state index in [1.807, 2.05) is 18.2 Å². The number of anilines is 1. The van der Waals surface area contributed by atoms with E-state index >= 15 is 0 Å². The lowest BCUT2D eigenvalue weighted by atomic mass is 10.2. The Morgan fingerprint density at radius 3 is 2.46 bits per heavy atom. The third kappa shape index (κ3) is 5.52. The summed E-state index contributed by atoms with van der Waals surface area (Å²) in [5, 5.41) is 3.63. The van der Waals surface area contributed by atoms with Gasteiger partial charge in [0.05, 0.1) is 15.7 Å². The maximum Gasteiger partial charge on any atom is 0.225 e. The lowest BCUT2D eigenvalue weighted by Crippen LogP contribution is -2.33. The molecule has 2 rings (SSSR count). The van der Waals surface area contributed by atoms with Crippen molar-refractivity contribution in [2.24, 2.45) is 0 Å². The summed E-state index contributed by atoms with van der Waals surface area (Å²) in [7, 11) is 0. The van der Waals surface area contributed by atoms with Crippen LogP contribution in [0.15, 0.2) is 48.5 Å². The summed E-state index contributed by atoms with van der Waals surface area (Å²) in [5.74, 6) is -0.0714. The second-order valence-corrected chi connectivity index (χ2v) is 6.73. The molecule has 128 valence electrons. The molecule has 0 aliphatic carbocycles. The molecule has 0 atom stereocenters. The fourth-order valence-electron chi connectivity index (χ4n) is 2.40. The number of benzene rings is 2. The highest BCUT2D eigenvalue weighted by Gasteiger charge is 2.13. The molecule has 0 fully saturated rings. The number of carbonyl (C=O) groups excluding carboxylic acids is 1. The molecular formula is C19H22Cl2N2O. The van der Waals surface area contributed by atoms with Gasteiger partial charge in [0.2, 0.25) is 5.91 Å². The normalized spacial score (nSPS) is 11.1. The van der Waals surface area contributed by atoms with Crippen molar-refractivity contribution in [3.8, 4) is 0 Å². The van der Waals surface area contributed by atoms with Gasteiger partial charge < -0.3 is 5.32 Å². The summed E-state index contributed by atoms with van der Waals surface area (Å²) in [4.78, 5) is 14.5. The number of carbonyl (C=O) groups is 1. The van der Waals surface area contributed by atoms with Crippen LogP contribution in [0.25, 0.3) is 0 Å². The van der Waals surface area contributed by atoms with Gasteiger partial charge in [0, 0.05) is 25.6 Å². The van der Waals surface area contributed by atoms with E-state index < -0.39 is 0 Å². The molecule has 0 unspecified atom stereocenters. The SMILES string of the molecule is CC(C)N(CCC(=O)Nc1cccc(Cl)c1Cl)Cc1ccccc1. The molecule has 2 aromatic carbocycles. The zero-order chi connectivity index (χ0) is 17.5. The van der Waals surface area contributed by atoms with Crippen molar-refractivity contribution in [2.45, 2.75) is 32.9 Å². The molecule has 1 N–H and O–H groups in total. The maximum atomic E-state index is 12.2. The number of hydrogen-bond acceptors (Lipinski definition) is 2. The zero-order valence-corrected chi connectivity index (χ0v) is 15.4. The molecule has 0 radical (unpaired) electrons. The van der Waals surface area contributed by atoms with Crippen molar-refractivity contribution in [3.05, 3.63) is 64.1 Å². The highest BCUT2D eigenvalue weighted by atomic mass is 35.5. The molecule has 3 nitrogen and oxygen atoms in total. The average molecular weight is 365 g/mol. The molecule has 0 aliphatic rings. The van der Waals surface area contributed by atoms with Crippen LogP contribution in [0.1, 0.15) is 25.8 Å². The van der Waals surface area contributed by atoms with Crippen LogP contribution in [0, 0.1) is 0 Å². The summed E-state index contributed by atoms with van der Waals surface area (Å²) in [6.07, 6.45) is 0.397. The van der Waals surface area contributed by atoms with Crippen LogP contribution >= 0.6 is 23.2 Å². The van der Waals surface area contributed by atoms with Crippen LogP contribution in [-0.2, 0) is 11.3 Å². The number of nitrogens with one attached hydrogen (secondary N) is 1. The Bertz CT molecular complexity index is 674. The predicted molar refractivity (Wildman–Crippen MR) is 102 cm³/mol. The Morgan fingerprint density at radius 2 is 1.79 bits per heavy atom. The molecule has 0 saturated carbocycles. The molecule has 24 heavy (non-hydrogen) atoms. The van der Waals surface area contributed by atoms with Crippen LogP contribution < -0.4 is 5.32 Å². The van der Waals surface area contributed by atoms with E-state index in [1.165, 1.54) is 5.56 Å². The van der Waals surface area contributed by atoms with Gasteiger partial charge in [-0.1, -0.05) is 59.6 Å². The van der Waals surface area contributed by atoms with E-state index in [2.05, 4.69) is 36.2 Å². The molecule has 0 aromatic heterocycles. The number of nitrogens with zero attached hydrogens (tertiary/aromatic N) is 1.